The molecule has 3 heteroatoms. The largest absolute Gasteiger partial charge is 0.355 e. The van der Waals surface area contributed by atoms with Gasteiger partial charge in [-0.1, -0.05) is 20.8 Å². The second-order valence-electron chi connectivity index (χ2n) is 4.09. The highest BCUT2D eigenvalue weighted by Crippen LogP contribution is 1.94. The lowest BCUT2D eigenvalue weighted by Crippen LogP contribution is -2.39. The van der Waals surface area contributed by atoms with Gasteiger partial charge in [-0.2, -0.15) is 0 Å². The zero-order valence-electron chi connectivity index (χ0n) is 9.97. The average Bonchev–Trinajstić information content (AvgIpc) is 2.21. The van der Waals surface area contributed by atoms with Crippen molar-refractivity contribution in [2.75, 3.05) is 13.1 Å². The van der Waals surface area contributed by atoms with E-state index in [1.165, 1.54) is 0 Å². The lowest BCUT2D eigenvalue weighted by Gasteiger charge is -2.14. The lowest BCUT2D eigenvalue weighted by molar-refractivity contribution is -0.120. The Morgan fingerprint density at radius 3 is 2.60 bits per heavy atom. The number of carbonyl (C=O) groups is 1. The fourth-order valence-corrected chi connectivity index (χ4v) is 1.12. The SMILES string of the molecule is C#CCC(CC)NCC(=O)NCC(C)C. The molecule has 0 aromatic carbocycles. The first-order valence-electron chi connectivity index (χ1n) is 5.53. The van der Waals surface area contributed by atoms with Crippen LogP contribution in [0.2, 0.25) is 0 Å². The summed E-state index contributed by atoms with van der Waals surface area (Å²) in [5, 5.41) is 5.99. The zero-order valence-corrected chi connectivity index (χ0v) is 9.97. The van der Waals surface area contributed by atoms with Gasteiger partial charge >= 0.3 is 0 Å². The van der Waals surface area contributed by atoms with Crippen LogP contribution in [0.4, 0.5) is 0 Å². The van der Waals surface area contributed by atoms with Gasteiger partial charge in [0.05, 0.1) is 6.54 Å². The van der Waals surface area contributed by atoms with Crippen LogP contribution in [-0.4, -0.2) is 25.0 Å². The Hall–Kier alpha value is -1.01. The molecule has 0 fully saturated rings. The number of carbonyl (C=O) groups excluding carboxylic acids is 1. The summed E-state index contributed by atoms with van der Waals surface area (Å²) in [4.78, 5) is 11.3. The molecule has 2 N–H and O–H groups in total. The highest BCUT2D eigenvalue weighted by Gasteiger charge is 2.06. The maximum Gasteiger partial charge on any atom is 0.233 e. The minimum absolute atomic E-state index is 0.0409. The predicted molar refractivity (Wildman–Crippen MR) is 63.4 cm³/mol. The van der Waals surface area contributed by atoms with Gasteiger partial charge in [-0.3, -0.25) is 4.79 Å². The highest BCUT2D eigenvalue weighted by atomic mass is 16.1. The van der Waals surface area contributed by atoms with E-state index in [-0.39, 0.29) is 11.9 Å². The topological polar surface area (TPSA) is 41.1 Å². The van der Waals surface area contributed by atoms with Crippen LogP contribution >= 0.6 is 0 Å². The van der Waals surface area contributed by atoms with Gasteiger partial charge in [-0.05, 0) is 12.3 Å². The molecule has 0 radical (unpaired) electrons. The molecule has 0 aliphatic rings. The van der Waals surface area contributed by atoms with Crippen LogP contribution in [0, 0.1) is 18.3 Å². The summed E-state index contributed by atoms with van der Waals surface area (Å²) in [6, 6.07) is 0.250. The third kappa shape index (κ3) is 8.02. The smallest absolute Gasteiger partial charge is 0.233 e. The third-order valence-corrected chi connectivity index (χ3v) is 2.12. The van der Waals surface area contributed by atoms with Crippen molar-refractivity contribution in [2.45, 2.75) is 39.7 Å². The summed E-state index contributed by atoms with van der Waals surface area (Å²) < 4.78 is 0. The van der Waals surface area contributed by atoms with Crippen LogP contribution in [0.15, 0.2) is 0 Å². The molecular formula is C12H22N2O. The highest BCUT2D eigenvalue weighted by molar-refractivity contribution is 5.77. The van der Waals surface area contributed by atoms with Crippen molar-refractivity contribution in [2.24, 2.45) is 5.92 Å². The van der Waals surface area contributed by atoms with Gasteiger partial charge < -0.3 is 10.6 Å². The van der Waals surface area contributed by atoms with E-state index in [2.05, 4.69) is 37.3 Å². The minimum Gasteiger partial charge on any atom is -0.355 e. The monoisotopic (exact) mass is 210 g/mol. The fraction of sp³-hybridized carbons (Fsp3) is 0.750. The van der Waals surface area contributed by atoms with Crippen molar-refractivity contribution in [3.8, 4) is 12.3 Å². The van der Waals surface area contributed by atoms with Gasteiger partial charge in [0, 0.05) is 19.0 Å². The summed E-state index contributed by atoms with van der Waals surface area (Å²) in [5.41, 5.74) is 0. The molecule has 0 aliphatic heterocycles. The van der Waals surface area contributed by atoms with Crippen LogP contribution in [0.5, 0.6) is 0 Å². The first-order valence-corrected chi connectivity index (χ1v) is 5.53. The Kier molecular flexibility index (Phi) is 7.75. The molecule has 0 aromatic heterocycles. The van der Waals surface area contributed by atoms with Gasteiger partial charge in [0.15, 0.2) is 0 Å². The molecule has 1 atom stereocenters. The molecule has 0 saturated heterocycles. The van der Waals surface area contributed by atoms with Crippen molar-refractivity contribution < 1.29 is 4.79 Å². The number of amides is 1. The van der Waals surface area contributed by atoms with Crippen LogP contribution in [-0.2, 0) is 4.79 Å². The van der Waals surface area contributed by atoms with Crippen LogP contribution in [0.1, 0.15) is 33.6 Å². The molecule has 86 valence electrons. The summed E-state index contributed by atoms with van der Waals surface area (Å²) in [5.74, 6) is 3.13. The normalized spacial score (nSPS) is 12.2. The number of hydrogen-bond donors (Lipinski definition) is 2. The molecule has 15 heavy (non-hydrogen) atoms. The number of nitrogens with one attached hydrogen (secondary N) is 2. The van der Waals surface area contributed by atoms with Crippen molar-refractivity contribution >= 4 is 5.91 Å². The molecule has 0 saturated carbocycles. The zero-order chi connectivity index (χ0) is 11.7. The Morgan fingerprint density at radius 2 is 2.13 bits per heavy atom. The second-order valence-corrected chi connectivity index (χ2v) is 4.09. The van der Waals surface area contributed by atoms with Gasteiger partial charge in [0.2, 0.25) is 5.91 Å². The van der Waals surface area contributed by atoms with Gasteiger partial charge in [0.1, 0.15) is 0 Å². The number of terminal acetylenes is 1. The Balaban J connectivity index is 3.64. The van der Waals surface area contributed by atoms with Crippen molar-refractivity contribution in [1.82, 2.24) is 10.6 Å². The predicted octanol–water partition coefficient (Wildman–Crippen LogP) is 1.15. The van der Waals surface area contributed by atoms with Gasteiger partial charge in [0.25, 0.3) is 0 Å². The maximum absolute atomic E-state index is 11.3. The summed E-state index contributed by atoms with van der Waals surface area (Å²) in [7, 11) is 0. The molecule has 0 spiro atoms. The summed E-state index contributed by atoms with van der Waals surface area (Å²) in [6.45, 7) is 7.28. The summed E-state index contributed by atoms with van der Waals surface area (Å²) >= 11 is 0. The quantitative estimate of drug-likeness (QED) is 0.619. The Bertz CT molecular complexity index is 218. The average molecular weight is 210 g/mol. The summed E-state index contributed by atoms with van der Waals surface area (Å²) in [6.07, 6.45) is 6.84. The molecule has 1 amide bonds. The lowest BCUT2D eigenvalue weighted by atomic mass is 10.1. The van der Waals surface area contributed by atoms with Crippen LogP contribution < -0.4 is 10.6 Å². The van der Waals surface area contributed by atoms with E-state index in [1.807, 2.05) is 0 Å². The first kappa shape index (κ1) is 14.0. The van der Waals surface area contributed by atoms with E-state index in [0.717, 1.165) is 13.0 Å². The van der Waals surface area contributed by atoms with Gasteiger partial charge in [-0.15, -0.1) is 12.3 Å². The molecule has 0 heterocycles. The van der Waals surface area contributed by atoms with E-state index in [0.29, 0.717) is 18.9 Å². The van der Waals surface area contributed by atoms with Crippen molar-refractivity contribution in [1.29, 1.82) is 0 Å². The van der Waals surface area contributed by atoms with E-state index in [9.17, 15) is 4.79 Å². The first-order chi connectivity index (χ1) is 7.10. The van der Waals surface area contributed by atoms with Crippen LogP contribution in [0.3, 0.4) is 0 Å². The van der Waals surface area contributed by atoms with Crippen LogP contribution in [0.25, 0.3) is 0 Å². The minimum atomic E-state index is 0.0409. The van der Waals surface area contributed by atoms with E-state index < -0.39 is 0 Å². The van der Waals surface area contributed by atoms with Gasteiger partial charge in [-0.25, -0.2) is 0 Å². The molecule has 0 aliphatic carbocycles. The third-order valence-electron chi connectivity index (χ3n) is 2.12. The molecule has 0 rings (SSSR count). The molecular weight excluding hydrogens is 188 g/mol. The Labute approximate surface area is 93.0 Å². The molecule has 3 nitrogen and oxygen atoms in total. The van der Waals surface area contributed by atoms with Crippen molar-refractivity contribution in [3.63, 3.8) is 0 Å². The van der Waals surface area contributed by atoms with E-state index in [1.54, 1.807) is 0 Å². The number of hydrogen-bond acceptors (Lipinski definition) is 2. The molecule has 1 unspecified atom stereocenters. The maximum atomic E-state index is 11.3. The van der Waals surface area contributed by atoms with E-state index in [4.69, 9.17) is 6.42 Å². The standard InChI is InChI=1S/C12H22N2O/c1-5-7-11(6-2)13-9-12(15)14-8-10(3)4/h1,10-11,13H,6-9H2,2-4H3,(H,14,15). The van der Waals surface area contributed by atoms with E-state index >= 15 is 0 Å². The Morgan fingerprint density at radius 1 is 1.47 bits per heavy atom. The fourth-order valence-electron chi connectivity index (χ4n) is 1.12. The molecule has 0 bridgehead atoms. The molecule has 0 aromatic rings. The number of rotatable bonds is 7. The second kappa shape index (κ2) is 8.31. The van der Waals surface area contributed by atoms with Crippen molar-refractivity contribution in [3.05, 3.63) is 0 Å².